The summed E-state index contributed by atoms with van der Waals surface area (Å²) in [6, 6.07) is 0. The number of hydrogen-bond acceptors (Lipinski definition) is 4. The summed E-state index contributed by atoms with van der Waals surface area (Å²) in [6.07, 6.45) is -0.913. The first-order valence-electron chi connectivity index (χ1n) is 1.97. The van der Waals surface area contributed by atoms with Gasteiger partial charge < -0.3 is 10.7 Å². The summed E-state index contributed by atoms with van der Waals surface area (Å²) >= 11 is 0. The van der Waals surface area contributed by atoms with Crippen molar-refractivity contribution >= 4 is 14.8 Å². The van der Waals surface area contributed by atoms with E-state index in [9.17, 15) is 9.36 Å². The van der Waals surface area contributed by atoms with Gasteiger partial charge in [0.1, 0.15) is 0 Å². The fourth-order valence-corrected chi connectivity index (χ4v) is 0.288. The molecule has 4 nitrogen and oxygen atoms in total. The first-order chi connectivity index (χ1) is 3.81. The summed E-state index contributed by atoms with van der Waals surface area (Å²) < 4.78 is 17.5. The van der Waals surface area contributed by atoms with Crippen LogP contribution in [-0.2, 0) is 13.8 Å². The van der Waals surface area contributed by atoms with Gasteiger partial charge in [0, 0.05) is 0 Å². The van der Waals surface area contributed by atoms with Crippen molar-refractivity contribution < 1.29 is 38.9 Å². The van der Waals surface area contributed by atoms with E-state index in [0.717, 1.165) is 0 Å². The molecule has 0 aromatic heterocycles. The Hall–Kier alpha value is -0.0326. The Morgan fingerprint density at radius 3 is 2.67 bits per heavy atom. The Bertz CT molecular complexity index is 101. The van der Waals surface area contributed by atoms with E-state index in [1.165, 1.54) is 0 Å². The summed E-state index contributed by atoms with van der Waals surface area (Å²) in [5.74, 6) is 0. The molecule has 0 aliphatic rings. The second kappa shape index (κ2) is 7.97. The Morgan fingerprint density at radius 1 is 1.78 bits per heavy atom. The van der Waals surface area contributed by atoms with Gasteiger partial charge in [0.15, 0.2) is 0 Å². The SMILES string of the molecule is CCOC(=O)OP=O.[H-].[Li+]. The number of carbonyl (C=O) groups excluding carboxylic acids is 1. The normalized spacial score (nSPS) is 7.67. The predicted octanol–water partition coefficient (Wildman–Crippen LogP) is -1.52. The van der Waals surface area contributed by atoms with Gasteiger partial charge in [-0.1, -0.05) is 0 Å². The van der Waals surface area contributed by atoms with Crippen molar-refractivity contribution in [2.75, 3.05) is 6.61 Å². The van der Waals surface area contributed by atoms with Gasteiger partial charge in [0.25, 0.3) is 0 Å². The van der Waals surface area contributed by atoms with Gasteiger partial charge in [-0.3, -0.25) is 0 Å². The van der Waals surface area contributed by atoms with Crippen LogP contribution in [0.4, 0.5) is 4.79 Å². The standard InChI is InChI=1S/C3H5O4P.Li.H/c1-2-6-3(4)7-8-5;;/h2H2,1H3;;/q;+1;-1. The van der Waals surface area contributed by atoms with Crippen LogP contribution in [-0.4, -0.2) is 12.8 Å². The first kappa shape index (κ1) is 11.7. The Kier molecular flexibility index (Phi) is 10.4. The minimum atomic E-state index is -0.913. The van der Waals surface area contributed by atoms with Crippen molar-refractivity contribution in [3.8, 4) is 0 Å². The third-order valence-electron chi connectivity index (χ3n) is 0.374. The van der Waals surface area contributed by atoms with Crippen LogP contribution in [0, 0.1) is 0 Å². The van der Waals surface area contributed by atoms with Gasteiger partial charge in [-0.15, -0.1) is 0 Å². The predicted molar refractivity (Wildman–Crippen MR) is 26.8 cm³/mol. The third-order valence-corrected chi connectivity index (χ3v) is 0.598. The molecule has 0 aromatic carbocycles. The van der Waals surface area contributed by atoms with E-state index in [1.807, 2.05) is 0 Å². The minimum absolute atomic E-state index is 0. The zero-order chi connectivity index (χ0) is 6.41. The van der Waals surface area contributed by atoms with Crippen molar-refractivity contribution in [3.05, 3.63) is 0 Å². The van der Waals surface area contributed by atoms with E-state index in [2.05, 4.69) is 9.26 Å². The van der Waals surface area contributed by atoms with Gasteiger partial charge in [0.05, 0.1) is 6.61 Å². The van der Waals surface area contributed by atoms with Crippen molar-refractivity contribution in [2.24, 2.45) is 0 Å². The molecule has 6 heteroatoms. The maximum atomic E-state index is 9.99. The number of ether oxygens (including phenoxy) is 1. The molecular weight excluding hydrogens is 138 g/mol. The van der Waals surface area contributed by atoms with E-state index >= 15 is 0 Å². The molecule has 0 radical (unpaired) electrons. The second-order valence-electron chi connectivity index (χ2n) is 0.849. The molecule has 0 bridgehead atoms. The average Bonchev–Trinajstić information content (AvgIpc) is 1.68. The molecule has 0 aliphatic carbocycles. The minimum Gasteiger partial charge on any atom is -1.00 e. The molecule has 0 saturated carbocycles. The molecule has 9 heavy (non-hydrogen) atoms. The Balaban J connectivity index is -0.000000245. The Labute approximate surface area is 67.8 Å². The van der Waals surface area contributed by atoms with E-state index < -0.39 is 14.8 Å². The van der Waals surface area contributed by atoms with Gasteiger partial charge >= 0.3 is 33.7 Å². The first-order valence-corrected chi connectivity index (χ1v) is 2.70. The molecule has 0 atom stereocenters. The summed E-state index contributed by atoms with van der Waals surface area (Å²) in [4.78, 5) is 9.99. The fourth-order valence-electron chi connectivity index (χ4n) is 0.175. The molecule has 0 fully saturated rings. The van der Waals surface area contributed by atoms with Crippen molar-refractivity contribution in [2.45, 2.75) is 6.92 Å². The summed E-state index contributed by atoms with van der Waals surface area (Å²) in [5.41, 5.74) is 0. The van der Waals surface area contributed by atoms with Crippen LogP contribution in [0.5, 0.6) is 0 Å². The van der Waals surface area contributed by atoms with E-state index in [4.69, 9.17) is 0 Å². The van der Waals surface area contributed by atoms with E-state index in [-0.39, 0.29) is 26.9 Å². The molecule has 0 spiro atoms. The van der Waals surface area contributed by atoms with Gasteiger partial charge in [-0.2, -0.15) is 0 Å². The number of hydrogen-bond donors (Lipinski definition) is 0. The van der Waals surface area contributed by atoms with Crippen LogP contribution in [0.1, 0.15) is 8.35 Å². The maximum absolute atomic E-state index is 9.99. The quantitative estimate of drug-likeness (QED) is 0.268. The van der Waals surface area contributed by atoms with Crippen molar-refractivity contribution in [3.63, 3.8) is 0 Å². The molecule has 0 saturated heterocycles. The van der Waals surface area contributed by atoms with Crippen LogP contribution in [0.3, 0.4) is 0 Å². The summed E-state index contributed by atoms with van der Waals surface area (Å²) in [7, 11) is -0.676. The molecule has 0 N–H and O–H groups in total. The van der Waals surface area contributed by atoms with Crippen molar-refractivity contribution in [1.29, 1.82) is 0 Å². The molecule has 0 rings (SSSR count). The third kappa shape index (κ3) is 7.97. The van der Waals surface area contributed by atoms with Crippen LogP contribution in [0.15, 0.2) is 0 Å². The summed E-state index contributed by atoms with van der Waals surface area (Å²) in [5, 5.41) is 0. The largest absolute Gasteiger partial charge is 1.00 e. The molecule has 0 heterocycles. The van der Waals surface area contributed by atoms with Crippen LogP contribution in [0.2, 0.25) is 0 Å². The smallest absolute Gasteiger partial charge is 1.00 e. The van der Waals surface area contributed by atoms with Crippen LogP contribution < -0.4 is 18.9 Å². The van der Waals surface area contributed by atoms with Crippen LogP contribution in [0.25, 0.3) is 0 Å². The monoisotopic (exact) mass is 144 g/mol. The van der Waals surface area contributed by atoms with E-state index in [1.54, 1.807) is 6.92 Å². The second-order valence-corrected chi connectivity index (χ2v) is 1.18. The molecule has 0 aliphatic heterocycles. The molecule has 0 amide bonds. The van der Waals surface area contributed by atoms with Gasteiger partial charge in [0.2, 0.25) is 0 Å². The van der Waals surface area contributed by atoms with Gasteiger partial charge in [-0.05, 0) is 6.92 Å². The number of carbonyl (C=O) groups is 1. The Morgan fingerprint density at radius 2 is 2.33 bits per heavy atom. The molecule has 0 unspecified atom stereocenters. The molecular formula is C3H6LiO4P. The van der Waals surface area contributed by atoms with Crippen molar-refractivity contribution in [1.82, 2.24) is 0 Å². The zero-order valence-electron chi connectivity index (χ0n) is 6.29. The maximum Gasteiger partial charge on any atom is 1.00 e. The van der Waals surface area contributed by atoms with Crippen LogP contribution >= 0.6 is 8.69 Å². The number of rotatable bonds is 2. The molecule has 48 valence electrons. The molecule has 0 aromatic rings. The fraction of sp³-hybridized carbons (Fsp3) is 0.667. The van der Waals surface area contributed by atoms with E-state index in [0.29, 0.717) is 0 Å². The van der Waals surface area contributed by atoms with Gasteiger partial charge in [-0.25, -0.2) is 9.36 Å². The summed E-state index contributed by atoms with van der Waals surface area (Å²) in [6.45, 7) is 1.86. The zero-order valence-corrected chi connectivity index (χ0v) is 6.18. The topological polar surface area (TPSA) is 52.6 Å². The average molecular weight is 144 g/mol.